The number of fused-ring (bicyclic) bond motifs is 3. The third-order valence-corrected chi connectivity index (χ3v) is 7.57. The molecule has 2 unspecified atom stereocenters. The summed E-state index contributed by atoms with van der Waals surface area (Å²) in [6, 6.07) is 26.2. The highest BCUT2D eigenvalue weighted by Gasteiger charge is 2.51. The summed E-state index contributed by atoms with van der Waals surface area (Å²) in [4.78, 5) is 14.9. The Balaban J connectivity index is 1.66. The number of aliphatic hydroxyl groups is 1. The maximum atomic E-state index is 13.4. The van der Waals surface area contributed by atoms with Gasteiger partial charge in [-0.25, -0.2) is 0 Å². The first-order valence-corrected chi connectivity index (χ1v) is 11.0. The quantitative estimate of drug-likeness (QED) is 0.462. The lowest BCUT2D eigenvalue weighted by molar-refractivity contribution is -0.140. The monoisotopic (exact) mass is 407 g/mol. The van der Waals surface area contributed by atoms with Crippen molar-refractivity contribution in [2.24, 2.45) is 11.8 Å². The summed E-state index contributed by atoms with van der Waals surface area (Å²) >= 11 is 0. The topological polar surface area (TPSA) is 40.5 Å². The molecule has 7 rings (SSSR count). The first kappa shape index (κ1) is 18.6. The minimum Gasteiger partial charge on any atom is -0.376 e. The molecule has 1 N–H and O–H groups in total. The molecule has 4 aromatic rings. The summed E-state index contributed by atoms with van der Waals surface area (Å²) < 4.78 is 0. The van der Waals surface area contributed by atoms with Crippen LogP contribution in [0.2, 0.25) is 0 Å². The van der Waals surface area contributed by atoms with Crippen molar-refractivity contribution in [3.63, 3.8) is 0 Å². The van der Waals surface area contributed by atoms with Crippen LogP contribution in [0, 0.1) is 11.8 Å². The number of benzene rings is 4. The maximum Gasteiger partial charge on any atom is 0.228 e. The van der Waals surface area contributed by atoms with Crippen molar-refractivity contribution in [3.05, 3.63) is 95.1 Å². The predicted molar refractivity (Wildman–Crippen MR) is 124 cm³/mol. The molecule has 0 spiro atoms. The highest BCUT2D eigenvalue weighted by atomic mass is 16.3. The van der Waals surface area contributed by atoms with Crippen LogP contribution >= 0.6 is 0 Å². The van der Waals surface area contributed by atoms with Gasteiger partial charge in [0.2, 0.25) is 5.91 Å². The van der Waals surface area contributed by atoms with Gasteiger partial charge in [-0.05, 0) is 49.7 Å². The molecule has 3 nitrogen and oxygen atoms in total. The van der Waals surface area contributed by atoms with Crippen LogP contribution in [0.5, 0.6) is 0 Å². The normalized spacial score (nSPS) is 23.6. The van der Waals surface area contributed by atoms with E-state index in [1.54, 1.807) is 7.05 Å². The van der Waals surface area contributed by atoms with E-state index < -0.39 is 0 Å². The Bertz CT molecular complexity index is 1270. The molecule has 2 bridgehead atoms. The molecule has 31 heavy (non-hydrogen) atoms. The number of rotatable bonds is 2. The standard InChI is InChI=1S/C28H25NO2/c1-16-25-21-11-17-7-3-5-9-19(17)13-23(21)27(26(16)28(31)29(2)15-30)24-14-20-10-6-4-8-18(20)12-22(24)25/h3-14,16,25-27,30H,15H2,1-2H3. The fourth-order valence-electron chi connectivity index (χ4n) is 6.12. The summed E-state index contributed by atoms with van der Waals surface area (Å²) in [5.74, 6) is 0.187. The van der Waals surface area contributed by atoms with Gasteiger partial charge < -0.3 is 10.0 Å². The van der Waals surface area contributed by atoms with E-state index in [-0.39, 0.29) is 36.3 Å². The second-order valence-electron chi connectivity index (χ2n) is 9.17. The summed E-state index contributed by atoms with van der Waals surface area (Å²) in [6.07, 6.45) is 0. The van der Waals surface area contributed by atoms with Gasteiger partial charge in [0, 0.05) is 18.9 Å². The zero-order valence-corrected chi connectivity index (χ0v) is 17.7. The average Bonchev–Trinajstić information content (AvgIpc) is 2.80. The molecule has 0 heterocycles. The van der Waals surface area contributed by atoms with E-state index >= 15 is 0 Å². The van der Waals surface area contributed by atoms with Gasteiger partial charge in [-0.1, -0.05) is 79.7 Å². The molecule has 0 aromatic heterocycles. The molecule has 3 aliphatic rings. The zero-order valence-electron chi connectivity index (χ0n) is 17.7. The number of carbonyl (C=O) groups is 1. The number of carbonyl (C=O) groups excluding carboxylic acids is 1. The third-order valence-electron chi connectivity index (χ3n) is 7.57. The number of hydrogen-bond acceptors (Lipinski definition) is 2. The van der Waals surface area contributed by atoms with Crippen molar-refractivity contribution >= 4 is 27.5 Å². The molecule has 154 valence electrons. The van der Waals surface area contributed by atoms with Crippen molar-refractivity contribution in [2.75, 3.05) is 13.8 Å². The Hall–Kier alpha value is -3.17. The number of amides is 1. The van der Waals surface area contributed by atoms with E-state index in [0.29, 0.717) is 0 Å². The second-order valence-corrected chi connectivity index (χ2v) is 9.17. The molecule has 1 amide bonds. The summed E-state index contributed by atoms with van der Waals surface area (Å²) in [5, 5.41) is 14.6. The summed E-state index contributed by atoms with van der Waals surface area (Å²) in [5.41, 5.74) is 5.26. The average molecular weight is 408 g/mol. The van der Waals surface area contributed by atoms with E-state index in [0.717, 1.165) is 0 Å². The Kier molecular flexibility index (Phi) is 4.00. The Morgan fingerprint density at radius 1 is 0.774 bits per heavy atom. The maximum absolute atomic E-state index is 13.4. The first-order valence-electron chi connectivity index (χ1n) is 11.0. The van der Waals surface area contributed by atoms with E-state index in [2.05, 4.69) is 79.7 Å². The second kappa shape index (κ2) is 6.66. The van der Waals surface area contributed by atoms with E-state index in [9.17, 15) is 9.90 Å². The van der Waals surface area contributed by atoms with E-state index in [1.807, 2.05) is 0 Å². The van der Waals surface area contributed by atoms with Crippen molar-refractivity contribution in [2.45, 2.75) is 18.8 Å². The van der Waals surface area contributed by atoms with Crippen LogP contribution < -0.4 is 0 Å². The lowest BCUT2D eigenvalue weighted by Crippen LogP contribution is -2.47. The van der Waals surface area contributed by atoms with Gasteiger partial charge in [0.05, 0.1) is 5.92 Å². The van der Waals surface area contributed by atoms with Crippen LogP contribution in [-0.4, -0.2) is 29.7 Å². The van der Waals surface area contributed by atoms with Crippen molar-refractivity contribution in [3.8, 4) is 0 Å². The Morgan fingerprint density at radius 2 is 1.16 bits per heavy atom. The molecule has 0 radical (unpaired) electrons. The van der Waals surface area contributed by atoms with Gasteiger partial charge >= 0.3 is 0 Å². The minimum atomic E-state index is -0.255. The van der Waals surface area contributed by atoms with Gasteiger partial charge in [-0.3, -0.25) is 4.79 Å². The Labute approximate surface area is 181 Å². The van der Waals surface area contributed by atoms with Crippen molar-refractivity contribution in [1.82, 2.24) is 4.90 Å². The van der Waals surface area contributed by atoms with E-state index in [1.165, 1.54) is 48.7 Å². The summed E-state index contributed by atoms with van der Waals surface area (Å²) in [7, 11) is 1.69. The SMILES string of the molecule is CC1C2c3cc4ccccc4cc3C(c3cc4ccccc4cc32)C1C(=O)N(C)CO. The van der Waals surface area contributed by atoms with Crippen LogP contribution in [0.3, 0.4) is 0 Å². The highest BCUT2D eigenvalue weighted by molar-refractivity contribution is 5.91. The lowest BCUT2D eigenvalue weighted by atomic mass is 9.54. The lowest BCUT2D eigenvalue weighted by Gasteiger charge is -2.50. The molecule has 0 aliphatic heterocycles. The molecule has 0 saturated carbocycles. The van der Waals surface area contributed by atoms with Crippen LogP contribution in [0.1, 0.15) is 41.0 Å². The van der Waals surface area contributed by atoms with Gasteiger partial charge in [-0.15, -0.1) is 0 Å². The first-order chi connectivity index (χ1) is 15.1. The fraction of sp³-hybridized carbons (Fsp3) is 0.250. The molecule has 4 aromatic carbocycles. The minimum absolute atomic E-state index is 0.000659. The molecular weight excluding hydrogens is 382 g/mol. The fourth-order valence-corrected chi connectivity index (χ4v) is 6.12. The van der Waals surface area contributed by atoms with Crippen LogP contribution in [0.15, 0.2) is 72.8 Å². The molecule has 0 saturated heterocycles. The van der Waals surface area contributed by atoms with E-state index in [4.69, 9.17) is 0 Å². The molecular formula is C28H25NO2. The zero-order chi connectivity index (χ0) is 21.3. The molecule has 2 atom stereocenters. The predicted octanol–water partition coefficient (Wildman–Crippen LogP) is 5.24. The van der Waals surface area contributed by atoms with Crippen LogP contribution in [0.25, 0.3) is 21.5 Å². The van der Waals surface area contributed by atoms with Gasteiger partial charge in [0.15, 0.2) is 0 Å². The molecule has 3 heteroatoms. The number of aliphatic hydroxyl groups excluding tert-OH is 1. The Morgan fingerprint density at radius 3 is 1.55 bits per heavy atom. The van der Waals surface area contributed by atoms with Crippen LogP contribution in [-0.2, 0) is 4.79 Å². The number of hydrogen-bond donors (Lipinski definition) is 1. The largest absolute Gasteiger partial charge is 0.376 e. The van der Waals surface area contributed by atoms with Gasteiger partial charge in [-0.2, -0.15) is 0 Å². The van der Waals surface area contributed by atoms with Crippen LogP contribution in [0.4, 0.5) is 0 Å². The van der Waals surface area contributed by atoms with Gasteiger partial charge in [0.1, 0.15) is 6.73 Å². The highest BCUT2D eigenvalue weighted by Crippen LogP contribution is 2.59. The van der Waals surface area contributed by atoms with Crippen molar-refractivity contribution in [1.29, 1.82) is 0 Å². The van der Waals surface area contributed by atoms with Crippen molar-refractivity contribution < 1.29 is 9.90 Å². The smallest absolute Gasteiger partial charge is 0.228 e. The summed E-state index contributed by atoms with van der Waals surface area (Å²) in [6.45, 7) is 1.95. The van der Waals surface area contributed by atoms with Gasteiger partial charge in [0.25, 0.3) is 0 Å². The molecule has 3 aliphatic carbocycles. The molecule has 0 fully saturated rings. The third kappa shape index (κ3) is 2.53. The number of nitrogens with zero attached hydrogens (tertiary/aromatic N) is 1.